The number of nitrogens with one attached hydrogen (secondary N) is 2. The van der Waals surface area contributed by atoms with Crippen molar-refractivity contribution in [3.05, 3.63) is 154 Å². The maximum absolute atomic E-state index is 12.5. The number of rotatable bonds is 9. The van der Waals surface area contributed by atoms with Crippen LogP contribution < -0.4 is 0 Å². The molecular weight excluding hydrogens is 787 g/mol. The van der Waals surface area contributed by atoms with Crippen LogP contribution in [0.2, 0.25) is 0 Å². The molecule has 0 amide bonds. The predicted molar refractivity (Wildman–Crippen MR) is 246 cm³/mol. The summed E-state index contributed by atoms with van der Waals surface area (Å²) in [6, 6.07) is 17.8. The first-order valence-corrected chi connectivity index (χ1v) is 22.9. The number of hydrogen-bond donors (Lipinski definition) is 3. The highest BCUT2D eigenvalue weighted by Crippen LogP contribution is 2.48. The van der Waals surface area contributed by atoms with Crippen LogP contribution in [0.4, 0.5) is 0 Å². The second kappa shape index (κ2) is 16.0. The summed E-state index contributed by atoms with van der Waals surface area (Å²) in [7, 11) is 0. The molecular formula is C52H56N7O4+. The number of allylic oxidation sites excluding steroid dienone is 10. The van der Waals surface area contributed by atoms with Gasteiger partial charge in [0.05, 0.1) is 46.6 Å². The van der Waals surface area contributed by atoms with Crippen LogP contribution in [0.5, 0.6) is 0 Å². The third-order valence-corrected chi connectivity index (χ3v) is 13.7. The molecule has 2 aromatic carbocycles. The number of ether oxygens (including phenoxy) is 2. The van der Waals surface area contributed by atoms with E-state index < -0.39 is 12.0 Å². The van der Waals surface area contributed by atoms with Gasteiger partial charge in [-0.15, -0.1) is 0 Å². The number of nitrogens with zero attached hydrogens (tertiary/aromatic N) is 5. The zero-order valence-corrected chi connectivity index (χ0v) is 36.3. The summed E-state index contributed by atoms with van der Waals surface area (Å²) in [4.78, 5) is 31.2. The summed E-state index contributed by atoms with van der Waals surface area (Å²) < 4.78 is 16.8. The molecule has 2 saturated heterocycles. The SMILES string of the molecule is CC(C)(C)OC(O)N1CCCC1c1ncc(-c2ccc3c(c2)cc2n3C(C3C=C(c4ccc(C5C=CC=CC5)cc4)C=CC3)OC3=C2CCC(c2cnc(C4CCC[N+]4=O)[nH]2)=C3)[nH]1. The number of aromatic nitrogens is 5. The van der Waals surface area contributed by atoms with Crippen molar-refractivity contribution in [2.24, 2.45) is 5.92 Å². The minimum Gasteiger partial charge on any atom is -0.469 e. The van der Waals surface area contributed by atoms with Crippen molar-refractivity contribution >= 4 is 27.6 Å². The second-order valence-corrected chi connectivity index (χ2v) is 19.0. The lowest BCUT2D eigenvalue weighted by atomic mass is 9.87. The average molecular weight is 843 g/mol. The number of nitroso groups, excluding NO2 is 1. The lowest BCUT2D eigenvalue weighted by Crippen LogP contribution is -2.41. The molecule has 6 aliphatic rings. The van der Waals surface area contributed by atoms with Crippen LogP contribution in [-0.4, -0.2) is 64.4 Å². The molecule has 6 unspecified atom stereocenters. The summed E-state index contributed by atoms with van der Waals surface area (Å²) in [6.07, 6.45) is 27.6. The van der Waals surface area contributed by atoms with Gasteiger partial charge in [0, 0.05) is 57.4 Å². The Labute approximate surface area is 368 Å². The van der Waals surface area contributed by atoms with Crippen LogP contribution in [0.1, 0.15) is 131 Å². The summed E-state index contributed by atoms with van der Waals surface area (Å²) >= 11 is 0. The van der Waals surface area contributed by atoms with E-state index in [1.165, 1.54) is 28.0 Å². The zero-order valence-electron chi connectivity index (χ0n) is 36.3. The van der Waals surface area contributed by atoms with Crippen LogP contribution in [-0.2, 0) is 9.47 Å². The number of fused-ring (bicyclic) bond motifs is 4. The molecule has 0 spiro atoms. The minimum absolute atomic E-state index is 0.0570. The van der Waals surface area contributed by atoms with Crippen molar-refractivity contribution in [2.75, 3.05) is 13.1 Å². The molecule has 5 aromatic rings. The van der Waals surface area contributed by atoms with E-state index in [0.717, 1.165) is 114 Å². The van der Waals surface area contributed by atoms with Gasteiger partial charge in [0.25, 0.3) is 6.04 Å². The Kier molecular flexibility index (Phi) is 10.2. The number of H-pyrrole nitrogens is 2. The van der Waals surface area contributed by atoms with Gasteiger partial charge < -0.3 is 29.1 Å². The monoisotopic (exact) mass is 842 g/mol. The Morgan fingerprint density at radius 3 is 2.56 bits per heavy atom. The first-order valence-electron chi connectivity index (χ1n) is 22.9. The summed E-state index contributed by atoms with van der Waals surface area (Å²) in [5.74, 6) is 2.98. The zero-order chi connectivity index (χ0) is 42.8. The van der Waals surface area contributed by atoms with Gasteiger partial charge in [0.15, 0.2) is 18.6 Å². The molecule has 3 aliphatic carbocycles. The molecule has 6 atom stereocenters. The van der Waals surface area contributed by atoms with Crippen molar-refractivity contribution in [1.82, 2.24) is 29.4 Å². The van der Waals surface area contributed by atoms with Gasteiger partial charge in [-0.05, 0) is 106 Å². The molecule has 11 nitrogen and oxygen atoms in total. The number of aromatic amines is 2. The number of imidazole rings is 2. The third kappa shape index (κ3) is 7.59. The van der Waals surface area contributed by atoms with Crippen LogP contribution in [0.15, 0.2) is 115 Å². The molecule has 322 valence electrons. The Morgan fingerprint density at radius 1 is 0.921 bits per heavy atom. The number of likely N-dealkylation sites (tertiary alicyclic amines) is 1. The lowest BCUT2D eigenvalue weighted by molar-refractivity contribution is -0.571. The first kappa shape index (κ1) is 39.9. The second-order valence-electron chi connectivity index (χ2n) is 19.0. The Morgan fingerprint density at radius 2 is 1.75 bits per heavy atom. The molecule has 11 heteroatoms. The molecule has 6 heterocycles. The molecule has 3 aliphatic heterocycles. The van der Waals surface area contributed by atoms with E-state index >= 15 is 0 Å². The smallest absolute Gasteiger partial charge is 0.258 e. The van der Waals surface area contributed by atoms with Crippen LogP contribution in [0, 0.1) is 10.8 Å². The highest BCUT2D eigenvalue weighted by atomic mass is 16.6. The fourth-order valence-corrected chi connectivity index (χ4v) is 10.6. The van der Waals surface area contributed by atoms with Crippen LogP contribution in [0.25, 0.3) is 38.9 Å². The number of benzene rings is 2. The number of aliphatic hydroxyl groups is 1. The maximum Gasteiger partial charge on any atom is 0.258 e. The molecule has 0 radical (unpaired) electrons. The van der Waals surface area contributed by atoms with E-state index in [1.54, 1.807) is 0 Å². The molecule has 2 fully saturated rings. The lowest BCUT2D eigenvalue weighted by Gasteiger charge is -2.37. The van der Waals surface area contributed by atoms with E-state index in [9.17, 15) is 10.0 Å². The van der Waals surface area contributed by atoms with Gasteiger partial charge in [0.1, 0.15) is 11.6 Å². The third-order valence-electron chi connectivity index (χ3n) is 13.7. The maximum atomic E-state index is 12.5. The summed E-state index contributed by atoms with van der Waals surface area (Å²) in [5.41, 5.74) is 10.9. The topological polar surface area (TPSA) is 124 Å². The molecule has 3 aromatic heterocycles. The first-order chi connectivity index (χ1) is 30.6. The fraction of sp³-hybridized carbons (Fsp3) is 0.385. The van der Waals surface area contributed by atoms with Gasteiger partial charge in [-0.2, -0.15) is 0 Å². The van der Waals surface area contributed by atoms with Crippen LogP contribution in [0.3, 0.4) is 0 Å². The molecule has 3 N–H and O–H groups in total. The van der Waals surface area contributed by atoms with E-state index in [0.29, 0.717) is 12.5 Å². The predicted octanol–water partition coefficient (Wildman–Crippen LogP) is 11.0. The molecule has 63 heavy (non-hydrogen) atoms. The van der Waals surface area contributed by atoms with Gasteiger partial charge in [-0.3, -0.25) is 0 Å². The average Bonchev–Trinajstić information content (AvgIpc) is 4.16. The Bertz CT molecular complexity index is 2770. The highest BCUT2D eigenvalue weighted by molar-refractivity contribution is 5.91. The van der Waals surface area contributed by atoms with E-state index in [1.807, 2.05) is 38.1 Å². The molecule has 0 saturated carbocycles. The number of hydrogen-bond acceptors (Lipinski definition) is 7. The van der Waals surface area contributed by atoms with Gasteiger partial charge in [0.2, 0.25) is 6.41 Å². The largest absolute Gasteiger partial charge is 0.469 e. The normalized spacial score (nSPS) is 25.3. The highest BCUT2D eigenvalue weighted by Gasteiger charge is 2.39. The van der Waals surface area contributed by atoms with Crippen molar-refractivity contribution in [3.8, 4) is 11.3 Å². The van der Waals surface area contributed by atoms with Gasteiger partial charge in [-0.25, -0.2) is 14.9 Å². The standard InChI is InChI=1S/C52H56N7O4/c1-52(2,3)63-51(60)57-24-8-14-44(57)48-53-30-41(55-48)36-21-23-43-39(27-36)28-46-40-22-20-37(42-31-54-49(56-42)45-15-9-25-58(45)61)29-47(40)62-50(59(43)46)38-13-7-12-35(26-38)34-18-16-33(17-19-34)32-10-5-4-6-11-32/h4-7,10,12,16-19,21,23,26-32,38,44-45,50-51,60H,8-9,11,13-15,20,22,24-25H2,1-3H3,(H,53,55)(H,54,56)/q+1. The van der Waals surface area contributed by atoms with Crippen molar-refractivity contribution in [2.45, 2.75) is 108 Å². The fourth-order valence-electron chi connectivity index (χ4n) is 10.6. The minimum atomic E-state index is -0.998. The van der Waals surface area contributed by atoms with Gasteiger partial charge >= 0.3 is 0 Å². The van der Waals surface area contributed by atoms with Crippen molar-refractivity contribution in [1.29, 1.82) is 0 Å². The Balaban J connectivity index is 0.938. The molecule has 0 bridgehead atoms. The van der Waals surface area contributed by atoms with Crippen molar-refractivity contribution in [3.63, 3.8) is 0 Å². The summed E-state index contributed by atoms with van der Waals surface area (Å²) in [5, 5.41) is 12.1. The summed E-state index contributed by atoms with van der Waals surface area (Å²) in [6.45, 7) is 7.18. The van der Waals surface area contributed by atoms with Crippen LogP contribution >= 0.6 is 0 Å². The number of aliphatic hydroxyl groups excluding tert-OH is 1. The van der Waals surface area contributed by atoms with E-state index in [-0.39, 0.29) is 24.2 Å². The quantitative estimate of drug-likeness (QED) is 0.0997. The molecule has 11 rings (SSSR count). The van der Waals surface area contributed by atoms with Gasteiger partial charge in [-0.1, -0.05) is 72.9 Å². The van der Waals surface area contributed by atoms with E-state index in [4.69, 9.17) is 14.5 Å². The van der Waals surface area contributed by atoms with E-state index in [2.05, 4.69) is 117 Å². The Hall–Kier alpha value is -5.88. The van der Waals surface area contributed by atoms with Crippen molar-refractivity contribution < 1.29 is 19.3 Å².